The molecule has 3 heterocycles. The summed E-state index contributed by atoms with van der Waals surface area (Å²) in [5, 5.41) is 13.4. The molecule has 40 heavy (non-hydrogen) atoms. The first-order chi connectivity index (χ1) is 19.0. The Balaban J connectivity index is 1.44. The van der Waals surface area contributed by atoms with Crippen molar-refractivity contribution in [1.29, 1.82) is 0 Å². The number of aliphatic hydroxyl groups is 1. The Morgan fingerprint density at radius 3 is 2.23 bits per heavy atom. The molecule has 5 unspecified atom stereocenters. The number of carbonyl (C=O) groups excluding carboxylic acids is 4. The van der Waals surface area contributed by atoms with Gasteiger partial charge in [-0.05, 0) is 56.0 Å². The van der Waals surface area contributed by atoms with Crippen LogP contribution < -0.4 is 10.2 Å². The fourth-order valence-corrected chi connectivity index (χ4v) is 6.02. The third kappa shape index (κ3) is 6.33. The first-order valence-corrected chi connectivity index (χ1v) is 14.7. The fourth-order valence-electron chi connectivity index (χ4n) is 6.02. The summed E-state index contributed by atoms with van der Waals surface area (Å²) in [7, 11) is 2.11. The van der Waals surface area contributed by atoms with Gasteiger partial charge in [0, 0.05) is 44.0 Å². The summed E-state index contributed by atoms with van der Waals surface area (Å²) < 4.78 is 0. The monoisotopic (exact) mass is 555 g/mol. The Labute approximate surface area is 237 Å². The molecule has 0 radical (unpaired) electrons. The van der Waals surface area contributed by atoms with Gasteiger partial charge in [-0.15, -0.1) is 0 Å². The minimum atomic E-state index is -1.17. The van der Waals surface area contributed by atoms with Crippen molar-refractivity contribution in [2.24, 2.45) is 11.8 Å². The van der Waals surface area contributed by atoms with E-state index in [1.54, 1.807) is 17.0 Å². The predicted octanol–water partition coefficient (Wildman–Crippen LogP) is 1.37. The number of likely N-dealkylation sites (N-methyl/N-ethyl adjacent to an activating group) is 1. The fraction of sp³-hybridized carbons (Fsp3) is 0.667. The molecule has 0 aromatic heterocycles. The second-order valence-electron chi connectivity index (χ2n) is 12.1. The topological polar surface area (TPSA) is 114 Å². The quantitative estimate of drug-likeness (QED) is 0.473. The Morgan fingerprint density at radius 1 is 0.975 bits per heavy atom. The van der Waals surface area contributed by atoms with E-state index < -0.39 is 30.1 Å². The number of ketones is 1. The normalized spacial score (nSPS) is 23.8. The summed E-state index contributed by atoms with van der Waals surface area (Å²) >= 11 is 0. The van der Waals surface area contributed by atoms with Gasteiger partial charge in [-0.1, -0.05) is 34.1 Å². The van der Waals surface area contributed by atoms with Crippen LogP contribution in [0.2, 0.25) is 0 Å². The van der Waals surface area contributed by atoms with E-state index in [4.69, 9.17) is 0 Å². The Morgan fingerprint density at radius 2 is 1.62 bits per heavy atom. The minimum absolute atomic E-state index is 0.105. The van der Waals surface area contributed by atoms with E-state index in [2.05, 4.69) is 22.2 Å². The highest BCUT2D eigenvalue weighted by Crippen LogP contribution is 2.32. The lowest BCUT2D eigenvalue weighted by Gasteiger charge is -2.34. The Hall–Kier alpha value is -2.98. The Bertz CT molecular complexity index is 1080. The summed E-state index contributed by atoms with van der Waals surface area (Å²) in [6, 6.07) is 5.50. The van der Waals surface area contributed by atoms with Gasteiger partial charge in [0.05, 0.1) is 12.6 Å². The number of rotatable bonds is 9. The molecule has 0 aliphatic carbocycles. The molecule has 4 rings (SSSR count). The summed E-state index contributed by atoms with van der Waals surface area (Å²) in [6.07, 6.45) is 0.373. The van der Waals surface area contributed by atoms with E-state index >= 15 is 0 Å². The molecule has 2 N–H and O–H groups in total. The van der Waals surface area contributed by atoms with Crippen molar-refractivity contribution in [3.05, 3.63) is 29.8 Å². The van der Waals surface area contributed by atoms with Crippen LogP contribution in [0, 0.1) is 11.8 Å². The second kappa shape index (κ2) is 12.7. The summed E-state index contributed by atoms with van der Waals surface area (Å²) in [5.41, 5.74) is 1.55. The third-order valence-corrected chi connectivity index (χ3v) is 8.73. The number of Topliss-reactive ketones (excluding diaryl/α,β-unsaturated/α-hetero) is 1. The van der Waals surface area contributed by atoms with Crippen molar-refractivity contribution < 1.29 is 24.3 Å². The average Bonchev–Trinajstić information content (AvgIpc) is 3.52. The van der Waals surface area contributed by atoms with Crippen LogP contribution in [-0.2, 0) is 14.4 Å². The van der Waals surface area contributed by atoms with Crippen molar-refractivity contribution in [2.75, 3.05) is 51.2 Å². The van der Waals surface area contributed by atoms with Crippen LogP contribution in [-0.4, -0.2) is 114 Å². The highest BCUT2D eigenvalue weighted by molar-refractivity contribution is 6.01. The van der Waals surface area contributed by atoms with Gasteiger partial charge >= 0.3 is 0 Å². The molecule has 3 fully saturated rings. The van der Waals surface area contributed by atoms with Gasteiger partial charge in [0.1, 0.15) is 18.2 Å². The standard InChI is InChI=1S/C30H45N5O5/c1-6-20(4)27(37)30(40)35-18-25(36)26-24(35)11-12-34(26)29(39)23(17-19(2)3)31-28(38)21-7-9-22(10-8-21)33-15-13-32(5)14-16-33/h7-10,19-20,23-24,26-27,37H,6,11-18H2,1-5H3,(H,31,38). The molecular weight excluding hydrogens is 510 g/mol. The SMILES string of the molecule is CCC(C)C(O)C(=O)N1CC(=O)C2C1CCN2C(=O)C(CC(C)C)NC(=O)c1ccc(N2CCN(C)CC2)cc1. The van der Waals surface area contributed by atoms with Crippen molar-refractivity contribution in [3.8, 4) is 0 Å². The highest BCUT2D eigenvalue weighted by atomic mass is 16.3. The van der Waals surface area contributed by atoms with Crippen molar-refractivity contribution in [1.82, 2.24) is 20.0 Å². The molecule has 5 atom stereocenters. The van der Waals surface area contributed by atoms with Gasteiger partial charge in [0.15, 0.2) is 5.78 Å². The van der Waals surface area contributed by atoms with Crippen molar-refractivity contribution >= 4 is 29.2 Å². The van der Waals surface area contributed by atoms with Crippen molar-refractivity contribution in [3.63, 3.8) is 0 Å². The molecule has 3 aliphatic rings. The van der Waals surface area contributed by atoms with Gasteiger partial charge < -0.3 is 30.0 Å². The van der Waals surface area contributed by atoms with E-state index in [0.29, 0.717) is 31.4 Å². The van der Waals surface area contributed by atoms with Gasteiger partial charge in [-0.25, -0.2) is 0 Å². The summed E-state index contributed by atoms with van der Waals surface area (Å²) in [4.78, 5) is 60.6. The molecule has 3 aliphatic heterocycles. The van der Waals surface area contributed by atoms with Gasteiger partial charge in [-0.2, -0.15) is 0 Å². The summed E-state index contributed by atoms with van der Waals surface area (Å²) in [5.74, 6) is -1.36. The zero-order valence-electron chi connectivity index (χ0n) is 24.5. The maximum absolute atomic E-state index is 13.8. The number of aliphatic hydroxyl groups excluding tert-OH is 1. The van der Waals surface area contributed by atoms with E-state index in [-0.39, 0.29) is 36.0 Å². The van der Waals surface area contributed by atoms with Crippen molar-refractivity contribution in [2.45, 2.75) is 71.2 Å². The van der Waals surface area contributed by atoms with Crippen LogP contribution in [0.25, 0.3) is 0 Å². The first kappa shape index (κ1) is 30.0. The third-order valence-electron chi connectivity index (χ3n) is 8.73. The second-order valence-corrected chi connectivity index (χ2v) is 12.1. The number of nitrogens with one attached hydrogen (secondary N) is 1. The summed E-state index contributed by atoms with van der Waals surface area (Å²) in [6.45, 7) is 11.8. The number of anilines is 1. The molecule has 1 aromatic carbocycles. The molecule has 220 valence electrons. The lowest BCUT2D eigenvalue weighted by molar-refractivity contribution is -0.144. The number of hydrogen-bond acceptors (Lipinski definition) is 7. The largest absolute Gasteiger partial charge is 0.383 e. The molecule has 10 nitrogen and oxygen atoms in total. The van der Waals surface area contributed by atoms with E-state index in [1.807, 2.05) is 39.8 Å². The number of hydrogen-bond donors (Lipinski definition) is 2. The average molecular weight is 556 g/mol. The minimum Gasteiger partial charge on any atom is -0.383 e. The van der Waals surface area contributed by atoms with Gasteiger partial charge in [0.25, 0.3) is 11.8 Å². The maximum Gasteiger partial charge on any atom is 0.252 e. The van der Waals surface area contributed by atoms with Crippen LogP contribution in [0.3, 0.4) is 0 Å². The molecule has 0 bridgehead atoms. The number of piperazine rings is 1. The molecule has 3 saturated heterocycles. The number of fused-ring (bicyclic) bond motifs is 1. The molecule has 0 saturated carbocycles. The highest BCUT2D eigenvalue weighted by Gasteiger charge is 2.53. The zero-order chi connectivity index (χ0) is 29.1. The molecule has 1 aromatic rings. The van der Waals surface area contributed by atoms with E-state index in [1.165, 1.54) is 4.90 Å². The predicted molar refractivity (Wildman–Crippen MR) is 153 cm³/mol. The van der Waals surface area contributed by atoms with Crippen LogP contribution >= 0.6 is 0 Å². The van der Waals surface area contributed by atoms with Crippen LogP contribution in [0.5, 0.6) is 0 Å². The first-order valence-electron chi connectivity index (χ1n) is 14.7. The molecule has 0 spiro atoms. The lowest BCUT2D eigenvalue weighted by Crippen LogP contribution is -2.53. The lowest BCUT2D eigenvalue weighted by atomic mass is 10.00. The number of nitrogens with zero attached hydrogens (tertiary/aromatic N) is 4. The molecular formula is C30H45N5O5. The zero-order valence-corrected chi connectivity index (χ0v) is 24.5. The number of likely N-dealkylation sites (tertiary alicyclic amines) is 2. The number of benzene rings is 1. The number of amides is 3. The van der Waals surface area contributed by atoms with Gasteiger partial charge in [-0.3, -0.25) is 19.2 Å². The van der Waals surface area contributed by atoms with Gasteiger partial charge in [0.2, 0.25) is 5.91 Å². The smallest absolute Gasteiger partial charge is 0.252 e. The maximum atomic E-state index is 13.8. The molecule has 3 amide bonds. The van der Waals surface area contributed by atoms with E-state index in [0.717, 1.165) is 31.9 Å². The molecule has 10 heteroatoms. The Kier molecular flexibility index (Phi) is 9.51. The van der Waals surface area contributed by atoms with E-state index in [9.17, 15) is 24.3 Å². The number of carbonyl (C=O) groups is 4. The van der Waals surface area contributed by atoms with Crippen LogP contribution in [0.15, 0.2) is 24.3 Å². The van der Waals surface area contributed by atoms with Crippen LogP contribution in [0.4, 0.5) is 5.69 Å². The van der Waals surface area contributed by atoms with Crippen LogP contribution in [0.1, 0.15) is 57.3 Å².